The molecule has 2 N–H and O–H groups in total. The molecular weight excluding hydrogens is 144 g/mol. The summed E-state index contributed by atoms with van der Waals surface area (Å²) in [6, 6.07) is 0. The zero-order chi connectivity index (χ0) is 8.24. The minimum absolute atomic E-state index is 0. The number of aliphatic hydroxyl groups is 1. The summed E-state index contributed by atoms with van der Waals surface area (Å²) in [4.78, 5) is 3.89. The first kappa shape index (κ1) is 17.1. The van der Waals surface area contributed by atoms with Crippen molar-refractivity contribution in [3.05, 3.63) is 0 Å². The molecular formula is C8H22O3. The van der Waals surface area contributed by atoms with Crippen molar-refractivity contribution in [1.82, 2.24) is 0 Å². The van der Waals surface area contributed by atoms with E-state index >= 15 is 0 Å². The van der Waals surface area contributed by atoms with Crippen LogP contribution in [0.1, 0.15) is 40.0 Å². The molecule has 3 nitrogen and oxygen atoms in total. The minimum atomic E-state index is 0. The van der Waals surface area contributed by atoms with Gasteiger partial charge in [0.25, 0.3) is 0 Å². The lowest BCUT2D eigenvalue weighted by molar-refractivity contribution is -0.242. The van der Waals surface area contributed by atoms with Gasteiger partial charge in [-0.3, -0.25) is 5.26 Å². The largest absolute Gasteiger partial charge is 0.400 e. The van der Waals surface area contributed by atoms with Crippen molar-refractivity contribution in [2.24, 2.45) is 0 Å². The molecule has 0 fully saturated rings. The Hall–Kier alpha value is -0.120. The number of hydrogen-bond acceptors (Lipinski definition) is 3. The molecule has 3 heteroatoms. The summed E-state index contributed by atoms with van der Waals surface area (Å²) in [5.41, 5.74) is 0. The van der Waals surface area contributed by atoms with Crippen molar-refractivity contribution in [2.75, 3.05) is 13.7 Å². The van der Waals surface area contributed by atoms with E-state index in [1.807, 2.05) is 0 Å². The quantitative estimate of drug-likeness (QED) is 0.374. The Morgan fingerprint density at radius 2 is 1.64 bits per heavy atom. The maximum atomic E-state index is 7.87. The first-order chi connectivity index (χ1) is 4.91. The lowest BCUT2D eigenvalue weighted by Crippen LogP contribution is -1.87. The molecule has 0 saturated heterocycles. The van der Waals surface area contributed by atoms with Gasteiger partial charge in [0.05, 0.1) is 6.61 Å². The van der Waals surface area contributed by atoms with Crippen molar-refractivity contribution in [3.8, 4) is 0 Å². The third-order valence-electron chi connectivity index (χ3n) is 1.09. The Balaban J connectivity index is -0.000000196. The van der Waals surface area contributed by atoms with E-state index in [1.165, 1.54) is 12.8 Å². The Kier molecular flexibility index (Phi) is 35.0. The molecule has 0 aromatic heterocycles. The lowest BCUT2D eigenvalue weighted by atomic mass is 10.2. The summed E-state index contributed by atoms with van der Waals surface area (Å²) in [7, 11) is 1.00. The van der Waals surface area contributed by atoms with E-state index in [9.17, 15) is 0 Å². The maximum Gasteiger partial charge on any atom is 0.0819 e. The van der Waals surface area contributed by atoms with Crippen molar-refractivity contribution in [2.45, 2.75) is 40.0 Å². The second kappa shape index (κ2) is 22.5. The van der Waals surface area contributed by atoms with Gasteiger partial charge in [-0.05, 0) is 6.42 Å². The maximum absolute atomic E-state index is 7.87. The molecule has 0 amide bonds. The molecule has 0 heterocycles. The number of rotatable bonds is 5. The van der Waals surface area contributed by atoms with Gasteiger partial charge in [-0.25, -0.2) is 4.89 Å². The van der Waals surface area contributed by atoms with E-state index in [4.69, 9.17) is 10.4 Å². The third-order valence-corrected chi connectivity index (χ3v) is 1.09. The first-order valence-corrected chi connectivity index (χ1v) is 3.63. The average molecular weight is 166 g/mol. The van der Waals surface area contributed by atoms with Crippen LogP contribution in [0.2, 0.25) is 0 Å². The normalized spacial score (nSPS) is 7.64. The Bertz CT molecular complexity index is 34.3. The van der Waals surface area contributed by atoms with Gasteiger partial charge in [-0.15, -0.1) is 0 Å². The summed E-state index contributed by atoms with van der Waals surface area (Å²) in [5, 5.41) is 14.9. The van der Waals surface area contributed by atoms with Crippen LogP contribution in [0.3, 0.4) is 0 Å². The van der Waals surface area contributed by atoms with Gasteiger partial charge in [0.15, 0.2) is 0 Å². The van der Waals surface area contributed by atoms with E-state index < -0.39 is 0 Å². The van der Waals surface area contributed by atoms with Gasteiger partial charge in [0.1, 0.15) is 0 Å². The van der Waals surface area contributed by atoms with Crippen molar-refractivity contribution < 1.29 is 15.3 Å². The van der Waals surface area contributed by atoms with Crippen LogP contribution < -0.4 is 0 Å². The van der Waals surface area contributed by atoms with E-state index in [0.717, 1.165) is 20.0 Å². The minimum Gasteiger partial charge on any atom is -0.400 e. The fraction of sp³-hybridized carbons (Fsp3) is 1.00. The smallest absolute Gasteiger partial charge is 0.0819 e. The van der Waals surface area contributed by atoms with Gasteiger partial charge in [0.2, 0.25) is 0 Å². The molecule has 0 atom stereocenters. The highest BCUT2D eigenvalue weighted by atomic mass is 17.1. The molecule has 0 aliphatic heterocycles. The fourth-order valence-corrected chi connectivity index (χ4v) is 0.593. The molecule has 0 saturated carbocycles. The summed E-state index contributed by atoms with van der Waals surface area (Å²) < 4.78 is 0. The third kappa shape index (κ3) is 25.8. The van der Waals surface area contributed by atoms with E-state index in [1.54, 1.807) is 0 Å². The van der Waals surface area contributed by atoms with Gasteiger partial charge >= 0.3 is 0 Å². The summed E-state index contributed by atoms with van der Waals surface area (Å²) in [5.74, 6) is 0. The molecule has 0 radical (unpaired) electrons. The molecule has 0 bridgehead atoms. The predicted octanol–water partition coefficient (Wildman–Crippen LogP) is 2.30. The molecule has 0 aromatic carbocycles. The van der Waals surface area contributed by atoms with E-state index in [0.29, 0.717) is 6.61 Å². The van der Waals surface area contributed by atoms with Crippen LogP contribution in [-0.4, -0.2) is 24.1 Å². The molecule has 0 rings (SSSR count). The van der Waals surface area contributed by atoms with Crippen LogP contribution in [0.15, 0.2) is 0 Å². The van der Waals surface area contributed by atoms with Crippen LogP contribution in [0, 0.1) is 0 Å². The standard InChI is InChI=1S/C6H14O2.CH4O.CH4/c1-2-3-4-5-6-8-7;1-2;/h7H,2-6H2,1H3;2H,1H3;1H4. The highest BCUT2D eigenvalue weighted by Gasteiger charge is 1.84. The van der Waals surface area contributed by atoms with Gasteiger partial charge in [-0.2, -0.15) is 0 Å². The lowest BCUT2D eigenvalue weighted by Gasteiger charge is -1.93. The monoisotopic (exact) mass is 166 g/mol. The van der Waals surface area contributed by atoms with Gasteiger partial charge < -0.3 is 5.11 Å². The fourth-order valence-electron chi connectivity index (χ4n) is 0.593. The van der Waals surface area contributed by atoms with E-state index in [-0.39, 0.29) is 7.43 Å². The predicted molar refractivity (Wildman–Crippen MR) is 47.6 cm³/mol. The Labute approximate surface area is 69.9 Å². The van der Waals surface area contributed by atoms with Crippen LogP contribution in [0.5, 0.6) is 0 Å². The Morgan fingerprint density at radius 3 is 2.00 bits per heavy atom. The molecule has 0 aliphatic rings. The van der Waals surface area contributed by atoms with Gasteiger partial charge in [-0.1, -0.05) is 33.6 Å². The summed E-state index contributed by atoms with van der Waals surface area (Å²) in [6.07, 6.45) is 4.61. The van der Waals surface area contributed by atoms with Gasteiger partial charge in [0, 0.05) is 7.11 Å². The first-order valence-electron chi connectivity index (χ1n) is 3.63. The van der Waals surface area contributed by atoms with Crippen molar-refractivity contribution in [3.63, 3.8) is 0 Å². The zero-order valence-corrected chi connectivity index (χ0v) is 6.84. The molecule has 72 valence electrons. The number of hydrogen-bond donors (Lipinski definition) is 2. The number of unbranched alkanes of at least 4 members (excludes halogenated alkanes) is 3. The highest BCUT2D eigenvalue weighted by molar-refractivity contribution is 4.36. The second-order valence-electron chi connectivity index (χ2n) is 1.89. The van der Waals surface area contributed by atoms with Crippen LogP contribution in [-0.2, 0) is 4.89 Å². The zero-order valence-electron chi connectivity index (χ0n) is 6.84. The van der Waals surface area contributed by atoms with Crippen LogP contribution >= 0.6 is 0 Å². The van der Waals surface area contributed by atoms with Crippen molar-refractivity contribution >= 4 is 0 Å². The summed E-state index contributed by atoms with van der Waals surface area (Å²) >= 11 is 0. The molecule has 0 spiro atoms. The van der Waals surface area contributed by atoms with Crippen molar-refractivity contribution in [1.29, 1.82) is 0 Å². The summed E-state index contributed by atoms with van der Waals surface area (Å²) in [6.45, 7) is 2.64. The average Bonchev–Trinajstić information content (AvgIpc) is 2.02. The molecule has 11 heavy (non-hydrogen) atoms. The van der Waals surface area contributed by atoms with Crippen LogP contribution in [0.4, 0.5) is 0 Å². The molecule has 0 unspecified atom stereocenters. The molecule has 0 aliphatic carbocycles. The van der Waals surface area contributed by atoms with E-state index in [2.05, 4.69) is 11.8 Å². The second-order valence-corrected chi connectivity index (χ2v) is 1.89. The topological polar surface area (TPSA) is 49.7 Å². The highest BCUT2D eigenvalue weighted by Crippen LogP contribution is 1.97. The SMILES string of the molecule is C.CCCCCCOO.CO. The number of aliphatic hydroxyl groups excluding tert-OH is 1. The Morgan fingerprint density at radius 1 is 1.09 bits per heavy atom. The van der Waals surface area contributed by atoms with Crippen LogP contribution in [0.25, 0.3) is 0 Å². The molecule has 0 aromatic rings.